The van der Waals surface area contributed by atoms with Crippen molar-refractivity contribution in [2.45, 2.75) is 52.6 Å². The monoisotopic (exact) mass is 170 g/mol. The molecule has 1 fully saturated rings. The molecule has 0 aromatic heterocycles. The molecule has 12 heavy (non-hydrogen) atoms. The van der Waals surface area contributed by atoms with Gasteiger partial charge in [-0.1, -0.05) is 19.8 Å². The lowest BCUT2D eigenvalue weighted by Crippen LogP contribution is -2.19. The molecule has 72 valence electrons. The second-order valence-electron chi connectivity index (χ2n) is 4.51. The van der Waals surface area contributed by atoms with Crippen molar-refractivity contribution < 1.29 is 4.74 Å². The number of rotatable bonds is 3. The first-order valence-electron chi connectivity index (χ1n) is 5.30. The van der Waals surface area contributed by atoms with Gasteiger partial charge in [0.2, 0.25) is 0 Å². The minimum Gasteiger partial charge on any atom is -0.379 e. The van der Waals surface area contributed by atoms with Crippen LogP contribution in [0.4, 0.5) is 0 Å². The molecule has 1 nitrogen and oxygen atoms in total. The normalized spacial score (nSPS) is 31.0. The van der Waals surface area contributed by atoms with Gasteiger partial charge in [0.05, 0.1) is 6.10 Å². The average Bonchev–Trinajstić information content (AvgIpc) is 2.03. The highest BCUT2D eigenvalue weighted by Crippen LogP contribution is 2.28. The van der Waals surface area contributed by atoms with Gasteiger partial charge in [-0.2, -0.15) is 0 Å². The van der Waals surface area contributed by atoms with Gasteiger partial charge in [-0.15, -0.1) is 0 Å². The zero-order chi connectivity index (χ0) is 8.97. The lowest BCUT2D eigenvalue weighted by molar-refractivity contribution is 0.0375. The Morgan fingerprint density at radius 2 is 1.75 bits per heavy atom. The van der Waals surface area contributed by atoms with Crippen LogP contribution in [0.1, 0.15) is 46.5 Å². The summed E-state index contributed by atoms with van der Waals surface area (Å²) in [6, 6.07) is 0. The van der Waals surface area contributed by atoms with Crippen LogP contribution in [-0.4, -0.2) is 12.7 Å². The fourth-order valence-electron chi connectivity index (χ4n) is 1.82. The van der Waals surface area contributed by atoms with Crippen molar-refractivity contribution in [3.63, 3.8) is 0 Å². The van der Waals surface area contributed by atoms with E-state index in [9.17, 15) is 0 Å². The lowest BCUT2D eigenvalue weighted by atomic mass is 9.83. The standard InChI is InChI=1S/C11H22O/c1-9(2)12-8-11-6-4-10(3)5-7-11/h9-11H,4-8H2,1-3H3. The summed E-state index contributed by atoms with van der Waals surface area (Å²) in [7, 11) is 0. The summed E-state index contributed by atoms with van der Waals surface area (Å²) >= 11 is 0. The van der Waals surface area contributed by atoms with Crippen molar-refractivity contribution in [3.05, 3.63) is 0 Å². The molecule has 1 aliphatic rings. The van der Waals surface area contributed by atoms with E-state index in [1.165, 1.54) is 25.7 Å². The van der Waals surface area contributed by atoms with Crippen molar-refractivity contribution in [1.82, 2.24) is 0 Å². The van der Waals surface area contributed by atoms with Gasteiger partial charge in [0, 0.05) is 6.61 Å². The van der Waals surface area contributed by atoms with E-state index < -0.39 is 0 Å². The van der Waals surface area contributed by atoms with Crippen LogP contribution in [0, 0.1) is 11.8 Å². The molecule has 0 radical (unpaired) electrons. The molecule has 1 aliphatic carbocycles. The third kappa shape index (κ3) is 3.57. The average molecular weight is 170 g/mol. The maximum absolute atomic E-state index is 5.62. The van der Waals surface area contributed by atoms with Gasteiger partial charge in [0.15, 0.2) is 0 Å². The predicted molar refractivity (Wildman–Crippen MR) is 52.2 cm³/mol. The molecular formula is C11H22O. The van der Waals surface area contributed by atoms with Crippen molar-refractivity contribution in [2.75, 3.05) is 6.61 Å². The van der Waals surface area contributed by atoms with Crippen LogP contribution in [0.15, 0.2) is 0 Å². The molecule has 0 N–H and O–H groups in total. The number of ether oxygens (including phenoxy) is 1. The zero-order valence-electron chi connectivity index (χ0n) is 8.68. The van der Waals surface area contributed by atoms with Gasteiger partial charge in [-0.25, -0.2) is 0 Å². The maximum atomic E-state index is 5.62. The molecule has 0 aromatic carbocycles. The van der Waals surface area contributed by atoms with Gasteiger partial charge in [0.25, 0.3) is 0 Å². The molecule has 0 unspecified atom stereocenters. The van der Waals surface area contributed by atoms with E-state index in [1.807, 2.05) is 0 Å². The summed E-state index contributed by atoms with van der Waals surface area (Å²) in [4.78, 5) is 0. The van der Waals surface area contributed by atoms with E-state index >= 15 is 0 Å². The van der Waals surface area contributed by atoms with Crippen LogP contribution in [-0.2, 0) is 4.74 Å². The second-order valence-corrected chi connectivity index (χ2v) is 4.51. The van der Waals surface area contributed by atoms with Crippen LogP contribution < -0.4 is 0 Å². The summed E-state index contributed by atoms with van der Waals surface area (Å²) in [6.07, 6.45) is 5.99. The summed E-state index contributed by atoms with van der Waals surface area (Å²) in [6.45, 7) is 7.58. The van der Waals surface area contributed by atoms with Crippen LogP contribution in [0.2, 0.25) is 0 Å². The Morgan fingerprint density at radius 1 is 1.17 bits per heavy atom. The molecule has 0 amide bonds. The molecular weight excluding hydrogens is 148 g/mol. The molecule has 0 aromatic rings. The Labute approximate surface area is 76.5 Å². The SMILES string of the molecule is CC1CCC(COC(C)C)CC1. The Kier molecular flexibility index (Phi) is 4.07. The molecule has 1 rings (SSSR count). The van der Waals surface area contributed by atoms with Gasteiger partial charge < -0.3 is 4.74 Å². The maximum Gasteiger partial charge on any atom is 0.0519 e. The van der Waals surface area contributed by atoms with Crippen LogP contribution in [0.5, 0.6) is 0 Å². The molecule has 0 spiro atoms. The first kappa shape index (κ1) is 10.0. The van der Waals surface area contributed by atoms with Gasteiger partial charge in [0.1, 0.15) is 0 Å². The first-order valence-corrected chi connectivity index (χ1v) is 5.30. The Morgan fingerprint density at radius 3 is 2.25 bits per heavy atom. The second kappa shape index (κ2) is 4.86. The topological polar surface area (TPSA) is 9.23 Å². The predicted octanol–water partition coefficient (Wildman–Crippen LogP) is 3.24. The summed E-state index contributed by atoms with van der Waals surface area (Å²) in [5.41, 5.74) is 0. The third-order valence-electron chi connectivity index (χ3n) is 2.80. The van der Waals surface area contributed by atoms with Gasteiger partial charge in [-0.05, 0) is 38.5 Å². The van der Waals surface area contributed by atoms with Crippen molar-refractivity contribution in [2.24, 2.45) is 11.8 Å². The Hall–Kier alpha value is -0.0400. The molecule has 1 heteroatoms. The highest BCUT2D eigenvalue weighted by Gasteiger charge is 2.18. The molecule has 0 heterocycles. The zero-order valence-corrected chi connectivity index (χ0v) is 8.68. The molecule has 1 saturated carbocycles. The third-order valence-corrected chi connectivity index (χ3v) is 2.80. The van der Waals surface area contributed by atoms with Crippen molar-refractivity contribution in [3.8, 4) is 0 Å². The summed E-state index contributed by atoms with van der Waals surface area (Å²) < 4.78 is 5.62. The summed E-state index contributed by atoms with van der Waals surface area (Å²) in [5, 5.41) is 0. The van der Waals surface area contributed by atoms with E-state index in [-0.39, 0.29) is 0 Å². The summed E-state index contributed by atoms with van der Waals surface area (Å²) in [5.74, 6) is 1.81. The van der Waals surface area contributed by atoms with Crippen molar-refractivity contribution in [1.29, 1.82) is 0 Å². The Balaban J connectivity index is 2.09. The van der Waals surface area contributed by atoms with Crippen LogP contribution in [0.3, 0.4) is 0 Å². The van der Waals surface area contributed by atoms with E-state index in [0.717, 1.165) is 18.4 Å². The largest absolute Gasteiger partial charge is 0.379 e. The number of hydrogen-bond acceptors (Lipinski definition) is 1. The van der Waals surface area contributed by atoms with E-state index in [1.54, 1.807) is 0 Å². The highest BCUT2D eigenvalue weighted by molar-refractivity contribution is 4.69. The molecule has 0 bridgehead atoms. The molecule has 0 atom stereocenters. The molecule has 0 aliphatic heterocycles. The van der Waals surface area contributed by atoms with Crippen molar-refractivity contribution >= 4 is 0 Å². The fraction of sp³-hybridized carbons (Fsp3) is 1.00. The smallest absolute Gasteiger partial charge is 0.0519 e. The van der Waals surface area contributed by atoms with Crippen LogP contribution >= 0.6 is 0 Å². The van der Waals surface area contributed by atoms with Crippen LogP contribution in [0.25, 0.3) is 0 Å². The van der Waals surface area contributed by atoms with Gasteiger partial charge in [-0.3, -0.25) is 0 Å². The first-order chi connectivity index (χ1) is 5.68. The fourth-order valence-corrected chi connectivity index (χ4v) is 1.82. The minimum atomic E-state index is 0.407. The Bertz CT molecular complexity index is 112. The lowest BCUT2D eigenvalue weighted by Gasteiger charge is -2.26. The quantitative estimate of drug-likeness (QED) is 0.632. The van der Waals surface area contributed by atoms with E-state index in [2.05, 4.69) is 20.8 Å². The minimum absolute atomic E-state index is 0.407. The van der Waals surface area contributed by atoms with Gasteiger partial charge >= 0.3 is 0 Å². The molecule has 0 saturated heterocycles. The van der Waals surface area contributed by atoms with E-state index in [4.69, 9.17) is 4.74 Å². The highest BCUT2D eigenvalue weighted by atomic mass is 16.5. The van der Waals surface area contributed by atoms with E-state index in [0.29, 0.717) is 6.10 Å². The number of hydrogen-bond donors (Lipinski definition) is 0.